The van der Waals surface area contributed by atoms with Gasteiger partial charge in [0.05, 0.1) is 0 Å². The summed E-state index contributed by atoms with van der Waals surface area (Å²) in [6.45, 7) is 2.17. The number of thiocarbonyl (C=S) groups is 1. The van der Waals surface area contributed by atoms with E-state index < -0.39 is 0 Å². The lowest BCUT2D eigenvalue weighted by molar-refractivity contribution is -0.424. The Hall–Kier alpha value is -1.75. The summed E-state index contributed by atoms with van der Waals surface area (Å²) in [5.41, 5.74) is 7.67. The molecular weight excluding hydrogens is 232 g/mol. The van der Waals surface area contributed by atoms with Gasteiger partial charge in [0.15, 0.2) is 0 Å². The van der Waals surface area contributed by atoms with Crippen LogP contribution in [0.5, 0.6) is 0 Å². The highest BCUT2D eigenvalue weighted by atomic mass is 32.1. The second-order valence-electron chi connectivity index (χ2n) is 4.13. The fraction of sp³-hybridized carbons (Fsp3) is 0.250. The molecule has 2 rings (SSSR count). The van der Waals surface area contributed by atoms with Crippen molar-refractivity contribution in [3.05, 3.63) is 47.7 Å². The van der Waals surface area contributed by atoms with Gasteiger partial charge in [0.2, 0.25) is 0 Å². The van der Waals surface area contributed by atoms with E-state index in [0.29, 0.717) is 11.8 Å². The molecule has 0 radical (unpaired) electrons. The van der Waals surface area contributed by atoms with E-state index >= 15 is 0 Å². The monoisotopic (exact) mass is 247 g/mol. The summed E-state index contributed by atoms with van der Waals surface area (Å²) in [5.74, 6) is 6.06. The molecule has 4 N–H and O–H groups in total. The maximum atomic E-state index is 5.56. The molecule has 0 aromatic carbocycles. The average Bonchev–Trinajstić information content (AvgIpc) is 2.30. The molecular formula is C12H15N4S+. The molecule has 0 aliphatic heterocycles. The van der Waals surface area contributed by atoms with Gasteiger partial charge >= 0.3 is 5.11 Å². The van der Waals surface area contributed by atoms with Crippen LogP contribution in [0.15, 0.2) is 52.9 Å². The number of hydrogen-bond acceptors (Lipinski definition) is 2. The van der Waals surface area contributed by atoms with E-state index in [1.807, 2.05) is 6.08 Å². The van der Waals surface area contributed by atoms with Gasteiger partial charge in [0.1, 0.15) is 5.70 Å². The van der Waals surface area contributed by atoms with Gasteiger partial charge in [-0.3, -0.25) is 0 Å². The van der Waals surface area contributed by atoms with Crippen LogP contribution in [0.2, 0.25) is 0 Å². The zero-order valence-corrected chi connectivity index (χ0v) is 10.4. The summed E-state index contributed by atoms with van der Waals surface area (Å²) in [6, 6.07) is 0. The second kappa shape index (κ2) is 4.63. The Morgan fingerprint density at radius 2 is 2.24 bits per heavy atom. The van der Waals surface area contributed by atoms with E-state index in [0.717, 1.165) is 5.70 Å². The van der Waals surface area contributed by atoms with Crippen molar-refractivity contribution in [1.82, 2.24) is 0 Å². The predicted molar refractivity (Wildman–Crippen MR) is 70.8 cm³/mol. The second-order valence-corrected chi connectivity index (χ2v) is 4.55. The maximum absolute atomic E-state index is 5.56. The molecule has 4 nitrogen and oxygen atoms in total. The van der Waals surface area contributed by atoms with Crippen LogP contribution < -0.4 is 11.6 Å². The highest BCUT2D eigenvalue weighted by molar-refractivity contribution is 7.79. The molecule has 5 heteroatoms. The first kappa shape index (κ1) is 11.7. The van der Waals surface area contributed by atoms with Crippen LogP contribution in [0.25, 0.3) is 0 Å². The van der Waals surface area contributed by atoms with E-state index in [1.54, 1.807) is 0 Å². The van der Waals surface area contributed by atoms with E-state index in [4.69, 9.17) is 23.8 Å². The first-order valence-electron chi connectivity index (χ1n) is 5.42. The van der Waals surface area contributed by atoms with E-state index in [-0.39, 0.29) is 5.11 Å². The molecule has 0 bridgehead atoms. The minimum atomic E-state index is 0.148. The summed E-state index contributed by atoms with van der Waals surface area (Å²) in [5, 5.41) is 3.73. The Morgan fingerprint density at radius 3 is 2.88 bits per heavy atom. The standard InChI is InChI=1S/C12H14N4S/c1-8-3-2-4-9-5-6-10(7-11(8)9)16(15-14)12(13)17/h2-8,11,14H,1H3,(H2,13,17)/p+1. The molecule has 0 heterocycles. The molecule has 2 aliphatic carbocycles. The van der Waals surface area contributed by atoms with Crippen LogP contribution in [0.1, 0.15) is 6.92 Å². The molecule has 0 aromatic heterocycles. The Kier molecular flexibility index (Phi) is 3.19. The van der Waals surface area contributed by atoms with Gasteiger partial charge in [-0.15, -0.1) is 0 Å². The molecule has 88 valence electrons. The van der Waals surface area contributed by atoms with Crippen LogP contribution >= 0.6 is 12.2 Å². The first-order chi connectivity index (χ1) is 8.13. The van der Waals surface area contributed by atoms with Crippen molar-refractivity contribution < 1.29 is 4.70 Å². The minimum Gasteiger partial charge on any atom is -0.307 e. The number of nitrogens with two attached hydrogens (primary N) is 2. The van der Waals surface area contributed by atoms with Crippen molar-refractivity contribution in [1.29, 1.82) is 0 Å². The quantitative estimate of drug-likeness (QED) is 0.244. The van der Waals surface area contributed by atoms with Crippen LogP contribution in [0, 0.1) is 11.8 Å². The minimum absolute atomic E-state index is 0.148. The van der Waals surface area contributed by atoms with Gasteiger partial charge in [-0.2, -0.15) is 0 Å². The van der Waals surface area contributed by atoms with Crippen molar-refractivity contribution in [3.8, 4) is 0 Å². The molecule has 0 aromatic rings. The SMILES string of the molecule is CC1C=CC=C2C=CC(/[N+](=N/N)C(N)=S)=CC21. The van der Waals surface area contributed by atoms with Gasteiger partial charge in [-0.25, -0.2) is 5.84 Å². The number of fused-ring (bicyclic) bond motifs is 1. The third-order valence-corrected chi connectivity index (χ3v) is 3.19. The third-order valence-electron chi connectivity index (χ3n) is 3.02. The zero-order chi connectivity index (χ0) is 12.4. The van der Waals surface area contributed by atoms with Crippen molar-refractivity contribution >= 4 is 17.3 Å². The average molecular weight is 247 g/mol. The maximum Gasteiger partial charge on any atom is 0.312 e. The summed E-state index contributed by atoms with van der Waals surface area (Å²) >= 11 is 4.90. The highest BCUT2D eigenvalue weighted by Crippen LogP contribution is 2.32. The lowest BCUT2D eigenvalue weighted by Gasteiger charge is -2.25. The Labute approximate surface area is 106 Å². The van der Waals surface area contributed by atoms with Crippen LogP contribution in [0.4, 0.5) is 0 Å². The molecule has 0 spiro atoms. The zero-order valence-electron chi connectivity index (χ0n) is 9.58. The molecule has 17 heavy (non-hydrogen) atoms. The fourth-order valence-electron chi connectivity index (χ4n) is 2.10. The lowest BCUT2D eigenvalue weighted by Crippen LogP contribution is -2.27. The molecule has 0 fully saturated rings. The summed E-state index contributed by atoms with van der Waals surface area (Å²) in [4.78, 5) is 0. The number of allylic oxidation sites excluding steroid dienone is 7. The molecule has 2 unspecified atom stereocenters. The van der Waals surface area contributed by atoms with E-state index in [1.165, 1.54) is 10.3 Å². The van der Waals surface area contributed by atoms with Crippen molar-refractivity contribution in [2.75, 3.05) is 0 Å². The largest absolute Gasteiger partial charge is 0.312 e. The van der Waals surface area contributed by atoms with Gasteiger partial charge in [0.25, 0.3) is 0 Å². The fourth-order valence-corrected chi connectivity index (χ4v) is 2.26. The first-order valence-corrected chi connectivity index (χ1v) is 5.83. The Morgan fingerprint density at radius 1 is 1.47 bits per heavy atom. The van der Waals surface area contributed by atoms with E-state index in [9.17, 15) is 0 Å². The van der Waals surface area contributed by atoms with Crippen LogP contribution in [0.3, 0.4) is 0 Å². The van der Waals surface area contributed by atoms with Gasteiger partial charge < -0.3 is 5.73 Å². The highest BCUT2D eigenvalue weighted by Gasteiger charge is 2.24. The predicted octanol–water partition coefficient (Wildman–Crippen LogP) is 1.77. The number of rotatable bonds is 1. The van der Waals surface area contributed by atoms with Gasteiger partial charge in [-0.05, 0) is 35.9 Å². The number of nitrogens with zero attached hydrogens (tertiary/aromatic N) is 2. The van der Waals surface area contributed by atoms with Gasteiger partial charge in [-0.1, -0.05) is 35.9 Å². The van der Waals surface area contributed by atoms with Crippen LogP contribution in [-0.2, 0) is 0 Å². The summed E-state index contributed by atoms with van der Waals surface area (Å²) in [7, 11) is 0. The van der Waals surface area contributed by atoms with Crippen LogP contribution in [-0.4, -0.2) is 9.81 Å². The summed E-state index contributed by atoms with van der Waals surface area (Å²) in [6.07, 6.45) is 12.4. The molecule has 0 saturated heterocycles. The smallest absolute Gasteiger partial charge is 0.307 e. The molecule has 0 saturated carbocycles. The molecule has 0 amide bonds. The van der Waals surface area contributed by atoms with Gasteiger partial charge in [0, 0.05) is 11.1 Å². The Bertz CT molecular complexity index is 497. The molecule has 2 atom stereocenters. The topological polar surface area (TPSA) is 67.4 Å². The van der Waals surface area contributed by atoms with Crippen molar-refractivity contribution in [2.24, 2.45) is 28.6 Å². The number of hydrogen-bond donors (Lipinski definition) is 2. The normalized spacial score (nSPS) is 27.2. The lowest BCUT2D eigenvalue weighted by atomic mass is 9.80. The Balaban J connectivity index is 2.36. The third kappa shape index (κ3) is 2.19. The summed E-state index contributed by atoms with van der Waals surface area (Å²) < 4.78 is 1.37. The van der Waals surface area contributed by atoms with E-state index in [2.05, 4.69) is 42.5 Å². The van der Waals surface area contributed by atoms with Crippen molar-refractivity contribution in [3.63, 3.8) is 0 Å². The van der Waals surface area contributed by atoms with Crippen molar-refractivity contribution in [2.45, 2.75) is 6.92 Å². The molecule has 2 aliphatic rings.